The van der Waals surface area contributed by atoms with E-state index in [9.17, 15) is 9.59 Å². The molecule has 0 bridgehead atoms. The summed E-state index contributed by atoms with van der Waals surface area (Å²) in [6, 6.07) is 9.86. The van der Waals surface area contributed by atoms with Crippen molar-refractivity contribution in [2.75, 3.05) is 13.1 Å². The van der Waals surface area contributed by atoms with Crippen LogP contribution >= 0.6 is 0 Å². The Kier molecular flexibility index (Phi) is 4.89. The first-order valence-electron chi connectivity index (χ1n) is 7.86. The van der Waals surface area contributed by atoms with Crippen molar-refractivity contribution in [1.82, 2.24) is 4.90 Å². The van der Waals surface area contributed by atoms with Gasteiger partial charge in [0.2, 0.25) is 0 Å². The van der Waals surface area contributed by atoms with Gasteiger partial charge in [0.05, 0.1) is 5.41 Å². The minimum Gasteiger partial charge on any atom is -0.444 e. The van der Waals surface area contributed by atoms with Crippen LogP contribution in [-0.2, 0) is 14.9 Å². The number of benzene rings is 1. The molecule has 1 heterocycles. The molecule has 1 fully saturated rings. The number of aldehydes is 1. The number of carbonyl (C=O) groups excluding carboxylic acids is 2. The number of ether oxygens (including phenoxy) is 1. The molecule has 0 N–H and O–H groups in total. The van der Waals surface area contributed by atoms with Gasteiger partial charge in [0.15, 0.2) is 0 Å². The molecule has 2 rings (SSSR count). The Labute approximate surface area is 132 Å². The maximum atomic E-state index is 12.2. The highest BCUT2D eigenvalue weighted by molar-refractivity contribution is 5.71. The van der Waals surface area contributed by atoms with E-state index in [-0.39, 0.29) is 6.09 Å². The van der Waals surface area contributed by atoms with Crippen molar-refractivity contribution in [2.24, 2.45) is 0 Å². The van der Waals surface area contributed by atoms with Gasteiger partial charge in [-0.3, -0.25) is 0 Å². The van der Waals surface area contributed by atoms with Crippen molar-refractivity contribution in [2.45, 2.75) is 51.0 Å². The maximum Gasteiger partial charge on any atom is 0.410 e. The highest BCUT2D eigenvalue weighted by Gasteiger charge is 2.35. The molecular formula is C18H25NO3. The third kappa shape index (κ3) is 3.87. The van der Waals surface area contributed by atoms with Crippen molar-refractivity contribution in [1.29, 1.82) is 0 Å². The van der Waals surface area contributed by atoms with Crippen LogP contribution in [0.4, 0.5) is 4.79 Å². The molecule has 1 unspecified atom stereocenters. The van der Waals surface area contributed by atoms with E-state index < -0.39 is 11.0 Å². The third-order valence-corrected chi connectivity index (χ3v) is 4.10. The Morgan fingerprint density at radius 2 is 1.86 bits per heavy atom. The number of amides is 1. The zero-order chi connectivity index (χ0) is 16.2. The summed E-state index contributed by atoms with van der Waals surface area (Å²) in [7, 11) is 0. The van der Waals surface area contributed by atoms with Crippen LogP contribution < -0.4 is 0 Å². The standard InChI is InChI=1S/C18H25NO3/c1-17(2,3)22-16(21)19-12-7-10-18(14-20,11-13-19)15-8-5-4-6-9-15/h4-6,8-9,14H,7,10-13H2,1-3H3. The lowest BCUT2D eigenvalue weighted by atomic mass is 9.76. The van der Waals surface area contributed by atoms with E-state index in [1.807, 2.05) is 51.1 Å². The number of rotatable bonds is 2. The fourth-order valence-electron chi connectivity index (χ4n) is 2.91. The molecule has 22 heavy (non-hydrogen) atoms. The highest BCUT2D eigenvalue weighted by Crippen LogP contribution is 2.33. The summed E-state index contributed by atoms with van der Waals surface area (Å²) in [4.78, 5) is 25.7. The zero-order valence-corrected chi connectivity index (χ0v) is 13.7. The van der Waals surface area contributed by atoms with E-state index in [1.54, 1.807) is 4.90 Å². The van der Waals surface area contributed by atoms with Gasteiger partial charge in [0, 0.05) is 13.1 Å². The lowest BCUT2D eigenvalue weighted by Crippen LogP contribution is -2.38. The van der Waals surface area contributed by atoms with E-state index in [0.717, 1.165) is 24.7 Å². The Morgan fingerprint density at radius 3 is 2.45 bits per heavy atom. The molecular weight excluding hydrogens is 278 g/mol. The first-order valence-corrected chi connectivity index (χ1v) is 7.86. The van der Waals surface area contributed by atoms with Gasteiger partial charge >= 0.3 is 6.09 Å². The van der Waals surface area contributed by atoms with Crippen molar-refractivity contribution < 1.29 is 14.3 Å². The summed E-state index contributed by atoms with van der Waals surface area (Å²) in [6.45, 7) is 6.77. The van der Waals surface area contributed by atoms with E-state index in [4.69, 9.17) is 4.74 Å². The zero-order valence-electron chi connectivity index (χ0n) is 13.7. The van der Waals surface area contributed by atoms with E-state index >= 15 is 0 Å². The van der Waals surface area contributed by atoms with Gasteiger partial charge in [0.25, 0.3) is 0 Å². The quantitative estimate of drug-likeness (QED) is 0.785. The smallest absolute Gasteiger partial charge is 0.410 e. The van der Waals surface area contributed by atoms with Crippen LogP contribution in [0, 0.1) is 0 Å². The SMILES string of the molecule is CC(C)(C)OC(=O)N1CCCC(C=O)(c2ccccc2)CC1. The van der Waals surface area contributed by atoms with Crippen molar-refractivity contribution in [3.63, 3.8) is 0 Å². The molecule has 1 aromatic carbocycles. The second kappa shape index (κ2) is 6.51. The molecule has 1 atom stereocenters. The second-order valence-corrected chi connectivity index (χ2v) is 6.96. The molecule has 1 amide bonds. The highest BCUT2D eigenvalue weighted by atomic mass is 16.6. The normalized spacial score (nSPS) is 22.8. The van der Waals surface area contributed by atoms with Gasteiger partial charge in [-0.25, -0.2) is 4.79 Å². The summed E-state index contributed by atoms with van der Waals surface area (Å²) in [5.41, 5.74) is 0.0545. The number of nitrogens with zero attached hydrogens (tertiary/aromatic N) is 1. The molecule has 0 spiro atoms. The summed E-state index contributed by atoms with van der Waals surface area (Å²) in [5, 5.41) is 0. The number of likely N-dealkylation sites (tertiary alicyclic amines) is 1. The molecule has 0 radical (unpaired) electrons. The lowest BCUT2D eigenvalue weighted by Gasteiger charge is -2.28. The van der Waals surface area contributed by atoms with Gasteiger partial charge < -0.3 is 14.4 Å². The summed E-state index contributed by atoms with van der Waals surface area (Å²) < 4.78 is 5.44. The summed E-state index contributed by atoms with van der Waals surface area (Å²) in [5.74, 6) is 0. The number of carbonyl (C=O) groups is 2. The Balaban J connectivity index is 2.11. The molecule has 0 aromatic heterocycles. The molecule has 1 aromatic rings. The topological polar surface area (TPSA) is 46.6 Å². The molecule has 0 aliphatic carbocycles. The first-order chi connectivity index (χ1) is 10.4. The van der Waals surface area contributed by atoms with Gasteiger partial charge in [0.1, 0.15) is 11.9 Å². The second-order valence-electron chi connectivity index (χ2n) is 6.96. The predicted octanol–water partition coefficient (Wildman–Crippen LogP) is 3.54. The van der Waals surface area contributed by atoms with Crippen LogP contribution in [0.5, 0.6) is 0 Å². The van der Waals surface area contributed by atoms with E-state index in [1.165, 1.54) is 0 Å². The minimum atomic E-state index is -0.495. The maximum absolute atomic E-state index is 12.2. The number of hydrogen-bond donors (Lipinski definition) is 0. The average Bonchev–Trinajstić information content (AvgIpc) is 2.70. The van der Waals surface area contributed by atoms with Crippen molar-refractivity contribution >= 4 is 12.4 Å². The lowest BCUT2D eigenvalue weighted by molar-refractivity contribution is -0.113. The summed E-state index contributed by atoms with van der Waals surface area (Å²) in [6.07, 6.45) is 2.97. The number of hydrogen-bond acceptors (Lipinski definition) is 3. The van der Waals surface area contributed by atoms with Crippen molar-refractivity contribution in [3.05, 3.63) is 35.9 Å². The molecule has 120 valence electrons. The first kappa shape index (κ1) is 16.5. The van der Waals surface area contributed by atoms with Crippen LogP contribution in [0.2, 0.25) is 0 Å². The van der Waals surface area contributed by atoms with Crippen LogP contribution in [-0.4, -0.2) is 36.0 Å². The van der Waals surface area contributed by atoms with Gasteiger partial charge in [-0.05, 0) is 45.6 Å². The molecule has 1 aliphatic heterocycles. The molecule has 4 heteroatoms. The Morgan fingerprint density at radius 1 is 1.18 bits per heavy atom. The van der Waals surface area contributed by atoms with Crippen LogP contribution in [0.3, 0.4) is 0 Å². The fraction of sp³-hybridized carbons (Fsp3) is 0.556. The molecule has 1 saturated heterocycles. The monoisotopic (exact) mass is 303 g/mol. The average molecular weight is 303 g/mol. The largest absolute Gasteiger partial charge is 0.444 e. The Bertz CT molecular complexity index is 521. The van der Waals surface area contributed by atoms with Crippen LogP contribution in [0.25, 0.3) is 0 Å². The van der Waals surface area contributed by atoms with Crippen molar-refractivity contribution in [3.8, 4) is 0 Å². The fourth-order valence-corrected chi connectivity index (χ4v) is 2.91. The van der Waals surface area contributed by atoms with E-state index in [2.05, 4.69) is 0 Å². The molecule has 0 saturated carbocycles. The van der Waals surface area contributed by atoms with Gasteiger partial charge in [-0.1, -0.05) is 30.3 Å². The van der Waals surface area contributed by atoms with Gasteiger partial charge in [-0.2, -0.15) is 0 Å². The Hall–Kier alpha value is -1.84. The van der Waals surface area contributed by atoms with E-state index in [0.29, 0.717) is 19.5 Å². The predicted molar refractivity (Wildman–Crippen MR) is 85.8 cm³/mol. The third-order valence-electron chi connectivity index (χ3n) is 4.10. The molecule has 4 nitrogen and oxygen atoms in total. The van der Waals surface area contributed by atoms with Crippen LogP contribution in [0.15, 0.2) is 30.3 Å². The summed E-state index contributed by atoms with van der Waals surface area (Å²) >= 11 is 0. The molecule has 1 aliphatic rings. The van der Waals surface area contributed by atoms with Crippen LogP contribution in [0.1, 0.15) is 45.6 Å². The minimum absolute atomic E-state index is 0.290. The van der Waals surface area contributed by atoms with Gasteiger partial charge in [-0.15, -0.1) is 0 Å².